The lowest BCUT2D eigenvalue weighted by Crippen LogP contribution is -2.47. The number of hydrogen-bond donors (Lipinski definition) is 1. The summed E-state index contributed by atoms with van der Waals surface area (Å²) in [6.07, 6.45) is 5.43. The van der Waals surface area contributed by atoms with Crippen LogP contribution in [0.3, 0.4) is 0 Å². The Balaban J connectivity index is 2.04. The van der Waals surface area contributed by atoms with Crippen LogP contribution in [0.5, 0.6) is 0 Å². The maximum absolute atomic E-state index is 12.9. The minimum Gasteiger partial charge on any atom is -0.383 e. The highest BCUT2D eigenvalue weighted by atomic mass is 16.5. The Kier molecular flexibility index (Phi) is 4.62. The number of amides is 1. The van der Waals surface area contributed by atoms with Gasteiger partial charge in [0.2, 0.25) is 5.91 Å². The molecule has 0 aromatic rings. The largest absolute Gasteiger partial charge is 0.383 e. The first-order valence-electron chi connectivity index (χ1n) is 7.24. The van der Waals surface area contributed by atoms with Crippen LogP contribution in [0.4, 0.5) is 0 Å². The topological polar surface area (TPSA) is 41.6 Å². The number of nitrogens with one attached hydrogen (secondary N) is 1. The Morgan fingerprint density at radius 2 is 2.28 bits per heavy atom. The van der Waals surface area contributed by atoms with E-state index < -0.39 is 0 Å². The molecule has 1 aliphatic carbocycles. The summed E-state index contributed by atoms with van der Waals surface area (Å²) < 4.78 is 5.15. The Hall–Kier alpha value is -0.610. The highest BCUT2D eigenvalue weighted by molar-refractivity contribution is 5.84. The van der Waals surface area contributed by atoms with Gasteiger partial charge in [-0.1, -0.05) is 13.3 Å². The maximum Gasteiger partial charge on any atom is 0.230 e. The molecule has 2 aliphatic rings. The third-order valence-corrected chi connectivity index (χ3v) is 4.21. The van der Waals surface area contributed by atoms with Gasteiger partial charge in [0.05, 0.1) is 12.0 Å². The van der Waals surface area contributed by atoms with Gasteiger partial charge in [0.25, 0.3) is 0 Å². The average Bonchev–Trinajstić information content (AvgIpc) is 3.09. The van der Waals surface area contributed by atoms with Crippen LogP contribution >= 0.6 is 0 Å². The number of ether oxygens (including phenoxy) is 1. The van der Waals surface area contributed by atoms with Gasteiger partial charge in [-0.05, 0) is 32.2 Å². The van der Waals surface area contributed by atoms with E-state index in [-0.39, 0.29) is 5.41 Å². The summed E-state index contributed by atoms with van der Waals surface area (Å²) >= 11 is 0. The smallest absolute Gasteiger partial charge is 0.230 e. The van der Waals surface area contributed by atoms with Crippen molar-refractivity contribution in [2.75, 3.05) is 33.4 Å². The fourth-order valence-electron chi connectivity index (χ4n) is 3.06. The lowest BCUT2D eigenvalue weighted by atomic mass is 9.81. The predicted octanol–water partition coefficient (Wildman–Crippen LogP) is 1.40. The normalized spacial score (nSPS) is 27.4. The molecule has 104 valence electrons. The van der Waals surface area contributed by atoms with Crippen molar-refractivity contribution >= 4 is 5.91 Å². The first kappa shape index (κ1) is 13.8. The fraction of sp³-hybridized carbons (Fsp3) is 0.929. The highest BCUT2D eigenvalue weighted by Gasteiger charge is 2.45. The van der Waals surface area contributed by atoms with Crippen molar-refractivity contribution in [2.24, 2.45) is 5.41 Å². The van der Waals surface area contributed by atoms with E-state index in [0.29, 0.717) is 18.6 Å². The SMILES string of the molecule is CCCC1(C(=O)N(CCOC)C2CC2)CCNC1. The first-order chi connectivity index (χ1) is 8.73. The van der Waals surface area contributed by atoms with E-state index in [2.05, 4.69) is 17.1 Å². The third-order valence-electron chi connectivity index (χ3n) is 4.21. The zero-order valence-electron chi connectivity index (χ0n) is 11.7. The number of rotatable bonds is 7. The van der Waals surface area contributed by atoms with Crippen molar-refractivity contribution in [1.29, 1.82) is 0 Å². The van der Waals surface area contributed by atoms with Crippen LogP contribution in [0.15, 0.2) is 0 Å². The molecule has 1 amide bonds. The van der Waals surface area contributed by atoms with Crippen LogP contribution in [-0.2, 0) is 9.53 Å². The number of hydrogen-bond acceptors (Lipinski definition) is 3. The average molecular weight is 254 g/mol. The molecule has 1 aliphatic heterocycles. The van der Waals surface area contributed by atoms with Gasteiger partial charge in [0.15, 0.2) is 0 Å². The number of carbonyl (C=O) groups excluding carboxylic acids is 1. The Morgan fingerprint density at radius 3 is 2.78 bits per heavy atom. The zero-order chi connectivity index (χ0) is 13.0. The summed E-state index contributed by atoms with van der Waals surface area (Å²) in [6, 6.07) is 0.488. The minimum absolute atomic E-state index is 0.134. The molecule has 0 spiro atoms. The molecule has 1 unspecified atom stereocenters. The molecule has 1 atom stereocenters. The molecule has 4 heteroatoms. The summed E-state index contributed by atoms with van der Waals surface area (Å²) in [5.74, 6) is 0.369. The van der Waals surface area contributed by atoms with E-state index in [1.165, 1.54) is 12.8 Å². The lowest BCUT2D eigenvalue weighted by Gasteiger charge is -2.34. The molecule has 1 saturated heterocycles. The van der Waals surface area contributed by atoms with Gasteiger partial charge in [0.1, 0.15) is 0 Å². The number of methoxy groups -OCH3 is 1. The number of carbonyl (C=O) groups is 1. The van der Waals surface area contributed by atoms with Crippen molar-refractivity contribution in [3.05, 3.63) is 0 Å². The second-order valence-electron chi connectivity index (χ2n) is 5.68. The Morgan fingerprint density at radius 1 is 1.50 bits per heavy atom. The molecule has 2 fully saturated rings. The van der Waals surface area contributed by atoms with Crippen molar-refractivity contribution in [3.63, 3.8) is 0 Å². The second-order valence-corrected chi connectivity index (χ2v) is 5.68. The van der Waals surface area contributed by atoms with Gasteiger partial charge in [-0.2, -0.15) is 0 Å². The van der Waals surface area contributed by atoms with Gasteiger partial charge >= 0.3 is 0 Å². The van der Waals surface area contributed by atoms with Gasteiger partial charge in [-0.25, -0.2) is 0 Å². The Bertz CT molecular complexity index is 284. The molecule has 1 heterocycles. The third kappa shape index (κ3) is 2.86. The van der Waals surface area contributed by atoms with Gasteiger partial charge in [-0.15, -0.1) is 0 Å². The van der Waals surface area contributed by atoms with Crippen molar-refractivity contribution in [2.45, 2.75) is 45.1 Å². The van der Waals surface area contributed by atoms with Crippen LogP contribution in [0, 0.1) is 5.41 Å². The fourth-order valence-corrected chi connectivity index (χ4v) is 3.06. The summed E-state index contributed by atoms with van der Waals surface area (Å²) in [7, 11) is 1.70. The highest BCUT2D eigenvalue weighted by Crippen LogP contribution is 2.37. The summed E-state index contributed by atoms with van der Waals surface area (Å²) in [6.45, 7) is 5.41. The summed E-state index contributed by atoms with van der Waals surface area (Å²) in [5, 5.41) is 3.37. The zero-order valence-corrected chi connectivity index (χ0v) is 11.7. The van der Waals surface area contributed by atoms with E-state index in [0.717, 1.165) is 38.9 Å². The van der Waals surface area contributed by atoms with Crippen LogP contribution in [0.2, 0.25) is 0 Å². The summed E-state index contributed by atoms with van der Waals surface area (Å²) in [4.78, 5) is 15.0. The Labute approximate surface area is 110 Å². The van der Waals surface area contributed by atoms with E-state index >= 15 is 0 Å². The van der Waals surface area contributed by atoms with Gasteiger partial charge in [0, 0.05) is 26.2 Å². The van der Waals surface area contributed by atoms with E-state index in [1.54, 1.807) is 7.11 Å². The molecular weight excluding hydrogens is 228 g/mol. The molecule has 2 rings (SSSR count). The van der Waals surface area contributed by atoms with Crippen molar-refractivity contribution < 1.29 is 9.53 Å². The van der Waals surface area contributed by atoms with Crippen LogP contribution in [0.1, 0.15) is 39.0 Å². The molecule has 4 nitrogen and oxygen atoms in total. The second kappa shape index (κ2) is 6.02. The van der Waals surface area contributed by atoms with Crippen molar-refractivity contribution in [1.82, 2.24) is 10.2 Å². The number of nitrogens with zero attached hydrogens (tertiary/aromatic N) is 1. The van der Waals surface area contributed by atoms with Crippen molar-refractivity contribution in [3.8, 4) is 0 Å². The molecule has 1 saturated carbocycles. The lowest BCUT2D eigenvalue weighted by molar-refractivity contribution is -0.143. The molecule has 0 bridgehead atoms. The van der Waals surface area contributed by atoms with E-state index in [9.17, 15) is 4.79 Å². The van der Waals surface area contributed by atoms with E-state index in [4.69, 9.17) is 4.74 Å². The van der Waals surface area contributed by atoms with Gasteiger partial charge in [-0.3, -0.25) is 4.79 Å². The monoisotopic (exact) mass is 254 g/mol. The predicted molar refractivity (Wildman–Crippen MR) is 71.4 cm³/mol. The maximum atomic E-state index is 12.9. The summed E-state index contributed by atoms with van der Waals surface area (Å²) in [5.41, 5.74) is -0.134. The van der Waals surface area contributed by atoms with E-state index in [1.807, 2.05) is 0 Å². The quantitative estimate of drug-likeness (QED) is 0.747. The molecule has 1 N–H and O–H groups in total. The van der Waals surface area contributed by atoms with Crippen LogP contribution in [-0.4, -0.2) is 50.2 Å². The standard InChI is InChI=1S/C14H26N2O2/c1-3-6-14(7-8-15-11-14)13(17)16(9-10-18-2)12-4-5-12/h12,15H,3-11H2,1-2H3. The first-order valence-corrected chi connectivity index (χ1v) is 7.24. The molecular formula is C14H26N2O2. The molecule has 0 radical (unpaired) electrons. The van der Waals surface area contributed by atoms with Crippen LogP contribution in [0.25, 0.3) is 0 Å². The van der Waals surface area contributed by atoms with Crippen LogP contribution < -0.4 is 5.32 Å². The minimum atomic E-state index is -0.134. The molecule has 18 heavy (non-hydrogen) atoms. The molecule has 0 aromatic heterocycles. The van der Waals surface area contributed by atoms with Gasteiger partial charge < -0.3 is 15.0 Å². The molecule has 0 aromatic carbocycles.